The van der Waals surface area contributed by atoms with Crippen molar-refractivity contribution in [1.29, 1.82) is 0 Å². The first-order valence-corrected chi connectivity index (χ1v) is 6.73. The van der Waals surface area contributed by atoms with Crippen LogP contribution in [0.15, 0.2) is 18.2 Å². The molecule has 0 aliphatic carbocycles. The highest BCUT2D eigenvalue weighted by Gasteiger charge is 2.17. The van der Waals surface area contributed by atoms with Crippen molar-refractivity contribution >= 4 is 0 Å². The number of halogens is 2. The molecule has 0 aliphatic rings. The highest BCUT2D eigenvalue weighted by molar-refractivity contribution is 5.28. The van der Waals surface area contributed by atoms with E-state index >= 15 is 0 Å². The Hall–Kier alpha value is -1.75. The van der Waals surface area contributed by atoms with Gasteiger partial charge in [0.05, 0.1) is 18.8 Å². The van der Waals surface area contributed by atoms with Crippen LogP contribution >= 0.6 is 0 Å². The molecule has 1 aromatic carbocycles. The molecule has 0 bridgehead atoms. The van der Waals surface area contributed by atoms with Crippen molar-refractivity contribution in [1.82, 2.24) is 9.78 Å². The number of hydrogen-bond acceptors (Lipinski definition) is 2. The van der Waals surface area contributed by atoms with E-state index in [4.69, 9.17) is 0 Å². The zero-order valence-corrected chi connectivity index (χ0v) is 11.7. The van der Waals surface area contributed by atoms with Crippen LogP contribution in [0.3, 0.4) is 0 Å². The zero-order chi connectivity index (χ0) is 14.7. The van der Waals surface area contributed by atoms with Gasteiger partial charge < -0.3 is 5.11 Å². The largest absolute Gasteiger partial charge is 0.392 e. The van der Waals surface area contributed by atoms with Gasteiger partial charge in [-0.15, -0.1) is 0 Å². The average molecular weight is 280 g/mol. The topological polar surface area (TPSA) is 38.0 Å². The van der Waals surface area contributed by atoms with E-state index in [1.54, 1.807) is 4.68 Å². The van der Waals surface area contributed by atoms with Crippen LogP contribution in [0, 0.1) is 11.6 Å². The Morgan fingerprint density at radius 2 is 1.75 bits per heavy atom. The fraction of sp³-hybridized carbons (Fsp3) is 0.400. The van der Waals surface area contributed by atoms with Crippen molar-refractivity contribution in [3.63, 3.8) is 0 Å². The Kier molecular flexibility index (Phi) is 4.49. The lowest BCUT2D eigenvalue weighted by molar-refractivity contribution is 0.279. The predicted octanol–water partition coefficient (Wildman–Crippen LogP) is 2.83. The van der Waals surface area contributed by atoms with Gasteiger partial charge in [-0.05, 0) is 25.0 Å². The molecule has 108 valence electrons. The summed E-state index contributed by atoms with van der Waals surface area (Å²) < 4.78 is 29.0. The molecule has 0 fully saturated rings. The molecule has 3 nitrogen and oxygen atoms in total. The summed E-state index contributed by atoms with van der Waals surface area (Å²) in [5.74, 6) is -1.16. The van der Waals surface area contributed by atoms with Crippen molar-refractivity contribution in [3.05, 3.63) is 52.3 Å². The summed E-state index contributed by atoms with van der Waals surface area (Å²) in [6, 6.07) is 3.82. The Bertz CT molecular complexity index is 588. The van der Waals surface area contributed by atoms with Crippen molar-refractivity contribution in [2.24, 2.45) is 0 Å². The minimum Gasteiger partial charge on any atom is -0.392 e. The van der Waals surface area contributed by atoms with Gasteiger partial charge in [-0.3, -0.25) is 4.68 Å². The molecule has 5 heteroatoms. The summed E-state index contributed by atoms with van der Waals surface area (Å²) in [7, 11) is 0. The SMILES string of the molecule is CCc1nn(Cc2c(F)cccc2F)c(CC)c1CO. The number of nitrogens with zero attached hydrogens (tertiary/aromatic N) is 2. The molecule has 0 amide bonds. The molecular weight excluding hydrogens is 262 g/mol. The molecule has 1 aromatic heterocycles. The Morgan fingerprint density at radius 3 is 2.25 bits per heavy atom. The molecule has 0 atom stereocenters. The van der Waals surface area contributed by atoms with Crippen LogP contribution in [0.1, 0.15) is 36.4 Å². The van der Waals surface area contributed by atoms with E-state index in [1.807, 2.05) is 13.8 Å². The lowest BCUT2D eigenvalue weighted by Gasteiger charge is -2.09. The maximum Gasteiger partial charge on any atom is 0.131 e. The second-order valence-corrected chi connectivity index (χ2v) is 4.60. The molecular formula is C15H18F2N2O. The summed E-state index contributed by atoms with van der Waals surface area (Å²) in [4.78, 5) is 0. The van der Waals surface area contributed by atoms with Gasteiger partial charge in [-0.1, -0.05) is 19.9 Å². The second-order valence-electron chi connectivity index (χ2n) is 4.60. The van der Waals surface area contributed by atoms with Gasteiger partial charge in [0.2, 0.25) is 0 Å². The number of aromatic nitrogens is 2. The Labute approximate surface area is 116 Å². The van der Waals surface area contributed by atoms with E-state index in [-0.39, 0.29) is 18.7 Å². The van der Waals surface area contributed by atoms with Crippen LogP contribution in [0.25, 0.3) is 0 Å². The number of aliphatic hydroxyl groups is 1. The third-order valence-corrected chi connectivity index (χ3v) is 3.45. The van der Waals surface area contributed by atoms with E-state index in [1.165, 1.54) is 18.2 Å². The number of benzene rings is 1. The Morgan fingerprint density at radius 1 is 1.10 bits per heavy atom. The minimum atomic E-state index is -0.578. The second kappa shape index (κ2) is 6.13. The van der Waals surface area contributed by atoms with Crippen LogP contribution < -0.4 is 0 Å². The van der Waals surface area contributed by atoms with Gasteiger partial charge in [-0.25, -0.2) is 8.78 Å². The van der Waals surface area contributed by atoms with Gasteiger partial charge in [0.1, 0.15) is 11.6 Å². The lowest BCUT2D eigenvalue weighted by atomic mass is 10.1. The standard InChI is InChI=1S/C15H18F2N2O/c1-3-14-11(9-20)15(4-2)19(18-14)8-10-12(16)6-5-7-13(10)17/h5-7,20H,3-4,8-9H2,1-2H3. The van der Waals surface area contributed by atoms with Gasteiger partial charge in [0.15, 0.2) is 0 Å². The average Bonchev–Trinajstić information content (AvgIpc) is 2.79. The van der Waals surface area contributed by atoms with E-state index in [9.17, 15) is 13.9 Å². The number of aliphatic hydroxyl groups excluding tert-OH is 1. The fourth-order valence-electron chi connectivity index (χ4n) is 2.42. The van der Waals surface area contributed by atoms with Crippen LogP contribution in [0.2, 0.25) is 0 Å². The third-order valence-electron chi connectivity index (χ3n) is 3.45. The fourth-order valence-corrected chi connectivity index (χ4v) is 2.42. The molecule has 0 radical (unpaired) electrons. The summed E-state index contributed by atoms with van der Waals surface area (Å²) in [5, 5.41) is 13.8. The monoisotopic (exact) mass is 280 g/mol. The summed E-state index contributed by atoms with van der Waals surface area (Å²) >= 11 is 0. The first-order chi connectivity index (χ1) is 9.62. The first-order valence-electron chi connectivity index (χ1n) is 6.73. The summed E-state index contributed by atoms with van der Waals surface area (Å²) in [5.41, 5.74) is 2.37. The predicted molar refractivity (Wildman–Crippen MR) is 72.4 cm³/mol. The van der Waals surface area contributed by atoms with Gasteiger partial charge in [0, 0.05) is 16.8 Å². The number of aryl methyl sites for hydroxylation is 1. The Balaban J connectivity index is 2.46. The van der Waals surface area contributed by atoms with Crippen LogP contribution in [-0.2, 0) is 26.0 Å². The summed E-state index contributed by atoms with van der Waals surface area (Å²) in [6.45, 7) is 3.81. The number of hydrogen-bond donors (Lipinski definition) is 1. The van der Waals surface area contributed by atoms with Crippen molar-refractivity contribution in [3.8, 4) is 0 Å². The minimum absolute atomic E-state index is 0.00292. The molecule has 0 spiro atoms. The van der Waals surface area contributed by atoms with Crippen molar-refractivity contribution in [2.75, 3.05) is 0 Å². The van der Waals surface area contributed by atoms with Gasteiger partial charge >= 0.3 is 0 Å². The zero-order valence-electron chi connectivity index (χ0n) is 11.7. The van der Waals surface area contributed by atoms with E-state index in [0.717, 1.165) is 17.0 Å². The highest BCUT2D eigenvalue weighted by atomic mass is 19.1. The molecule has 1 heterocycles. The van der Waals surface area contributed by atoms with Crippen LogP contribution in [-0.4, -0.2) is 14.9 Å². The molecule has 0 saturated carbocycles. The smallest absolute Gasteiger partial charge is 0.131 e. The van der Waals surface area contributed by atoms with Crippen LogP contribution in [0.4, 0.5) is 8.78 Å². The maximum atomic E-state index is 13.7. The van der Waals surface area contributed by atoms with Gasteiger partial charge in [0.25, 0.3) is 0 Å². The normalized spacial score (nSPS) is 11.1. The number of rotatable bonds is 5. The molecule has 1 N–H and O–H groups in total. The van der Waals surface area contributed by atoms with Crippen LogP contribution in [0.5, 0.6) is 0 Å². The molecule has 2 aromatic rings. The molecule has 20 heavy (non-hydrogen) atoms. The van der Waals surface area contributed by atoms with Gasteiger partial charge in [-0.2, -0.15) is 5.10 Å². The van der Waals surface area contributed by atoms with E-state index in [0.29, 0.717) is 12.8 Å². The van der Waals surface area contributed by atoms with Crippen molar-refractivity contribution < 1.29 is 13.9 Å². The lowest BCUT2D eigenvalue weighted by Crippen LogP contribution is -2.10. The molecule has 0 unspecified atom stereocenters. The summed E-state index contributed by atoms with van der Waals surface area (Å²) in [6.07, 6.45) is 1.33. The molecule has 0 aliphatic heterocycles. The maximum absolute atomic E-state index is 13.7. The third kappa shape index (κ3) is 2.58. The quantitative estimate of drug-likeness (QED) is 0.914. The molecule has 0 saturated heterocycles. The van der Waals surface area contributed by atoms with Crippen molar-refractivity contribution in [2.45, 2.75) is 39.8 Å². The molecule has 2 rings (SSSR count). The first kappa shape index (κ1) is 14.7. The van der Waals surface area contributed by atoms with E-state index < -0.39 is 11.6 Å². The van der Waals surface area contributed by atoms with E-state index in [2.05, 4.69) is 5.10 Å². The highest BCUT2D eigenvalue weighted by Crippen LogP contribution is 2.20.